The number of esters is 1. The first kappa shape index (κ1) is 59.3. The van der Waals surface area contributed by atoms with Gasteiger partial charge >= 0.3 is 5.97 Å². The zero-order chi connectivity index (χ0) is 51.7. The second-order valence-electron chi connectivity index (χ2n) is 20.6. The minimum Gasteiger partial charge on any atom is -0.460 e. The molecule has 15 atom stereocenters. The second-order valence-corrected chi connectivity index (χ2v) is 22.0. The van der Waals surface area contributed by atoms with Gasteiger partial charge in [-0.2, -0.15) is 5.11 Å². The van der Waals surface area contributed by atoms with E-state index in [1.165, 1.54) is 12.0 Å². The maximum absolute atomic E-state index is 14.4. The van der Waals surface area contributed by atoms with Crippen molar-refractivity contribution in [2.24, 2.45) is 45.7 Å². The Balaban J connectivity index is 1.65. The predicted octanol–water partition coefficient (Wildman–Crippen LogP) is 9.47. The molecule has 3 aliphatic heterocycles. The first-order valence-corrected chi connectivity index (χ1v) is 26.8. The van der Waals surface area contributed by atoms with Crippen LogP contribution in [0.3, 0.4) is 0 Å². The van der Waals surface area contributed by atoms with E-state index in [2.05, 4.69) is 52.7 Å². The molecule has 2 N–H and O–H groups in total. The summed E-state index contributed by atoms with van der Waals surface area (Å²) < 4.78 is 29.5. The van der Waals surface area contributed by atoms with Gasteiger partial charge in [0.1, 0.15) is 24.6 Å². The third-order valence-corrected chi connectivity index (χ3v) is 16.5. The van der Waals surface area contributed by atoms with E-state index in [-0.39, 0.29) is 72.7 Å². The smallest absolute Gasteiger partial charge is 0.329 e. The fraction of sp³-hybridized carbons (Fsp3) is 0.741. The summed E-state index contributed by atoms with van der Waals surface area (Å²) in [5.74, 6) is -5.60. The number of hydrogen-bond acceptors (Lipinski definition) is 13. The monoisotopic (exact) mass is 1090 g/mol. The van der Waals surface area contributed by atoms with E-state index >= 15 is 0 Å². The number of hydrogen-bond donors (Lipinski definition) is 2. The SMILES string of the molecule is COC1C/C(C)=C/C(I)C(=O)CC(CCC2CCC([C@@H](C)C(C)N=NC=N)C(OC)C2)OC(=O)C2CCCCN2C(=O)C(=O)C2(O)OC(CCC2C)CC(OC)/C(C)=C/C=C/C=C/C(C)CC(C)C1=O. The lowest BCUT2D eigenvalue weighted by atomic mass is 9.71. The number of ether oxygens (including phenoxy) is 5. The number of alkyl halides is 1. The molecule has 1 amide bonds. The van der Waals surface area contributed by atoms with Crippen molar-refractivity contribution in [1.29, 1.82) is 5.41 Å². The van der Waals surface area contributed by atoms with E-state index in [1.807, 2.05) is 58.1 Å². The lowest BCUT2D eigenvalue weighted by Gasteiger charge is -2.42. The predicted molar refractivity (Wildman–Crippen MR) is 278 cm³/mol. The second kappa shape index (κ2) is 28.8. The Bertz CT molecular complexity index is 1940. The molecule has 3 fully saturated rings. The van der Waals surface area contributed by atoms with Crippen molar-refractivity contribution < 1.29 is 52.8 Å². The van der Waals surface area contributed by atoms with Crippen LogP contribution in [-0.4, -0.2) is 126 Å². The van der Waals surface area contributed by atoms with Crippen LogP contribution in [0.25, 0.3) is 0 Å². The van der Waals surface area contributed by atoms with E-state index in [1.54, 1.807) is 21.1 Å². The Hall–Kier alpha value is -3.29. The van der Waals surface area contributed by atoms with Crippen LogP contribution in [0.2, 0.25) is 0 Å². The highest BCUT2D eigenvalue weighted by molar-refractivity contribution is 14.1. The Morgan fingerprint density at radius 1 is 0.900 bits per heavy atom. The number of halogens is 1. The molecule has 0 radical (unpaired) electrons. The molecule has 0 aromatic heterocycles. The molecule has 4 aliphatic rings. The number of azo groups is 1. The van der Waals surface area contributed by atoms with Crippen LogP contribution < -0.4 is 0 Å². The van der Waals surface area contributed by atoms with E-state index in [9.17, 15) is 29.1 Å². The largest absolute Gasteiger partial charge is 0.460 e. The molecule has 1 saturated carbocycles. The fourth-order valence-corrected chi connectivity index (χ4v) is 11.7. The highest BCUT2D eigenvalue weighted by atomic mass is 127. The van der Waals surface area contributed by atoms with Crippen molar-refractivity contribution in [1.82, 2.24) is 4.90 Å². The normalized spacial score (nSPS) is 37.8. The summed E-state index contributed by atoms with van der Waals surface area (Å²) in [5, 5.41) is 27.3. The molecule has 0 aromatic rings. The molecule has 2 bridgehead atoms. The summed E-state index contributed by atoms with van der Waals surface area (Å²) in [4.78, 5) is 72.1. The average molecular weight is 1090 g/mol. The molecule has 3 heterocycles. The van der Waals surface area contributed by atoms with Crippen molar-refractivity contribution >= 4 is 58.2 Å². The molecule has 14 unspecified atom stereocenters. The Morgan fingerprint density at radius 3 is 2.31 bits per heavy atom. The molecule has 0 spiro atoms. The quantitative estimate of drug-likeness (QED) is 0.0308. The Labute approximate surface area is 431 Å². The number of nitrogens with zero attached hydrogens (tertiary/aromatic N) is 3. The molecule has 16 heteroatoms. The summed E-state index contributed by atoms with van der Waals surface area (Å²) in [6.07, 6.45) is 17.2. The maximum Gasteiger partial charge on any atom is 0.329 e. The van der Waals surface area contributed by atoms with Crippen LogP contribution >= 0.6 is 22.6 Å². The standard InChI is InChI=1S/C54H83IN4O11/c1-33-16-12-11-13-17-35(3)47(66-8)31-42-22-19-37(5)54(65,70-42)51(62)52(63)59-25-15-14-18-45(59)53(64)69-41(30-46(60)44(55)27-34(2)28-49(68-10)50(61)36(4)26-33)23-20-40-21-24-43(48(29-40)67-9)38(6)39(7)58-57-32-56/h11-13,16-17,27,32-33,36-45,47-49,56,65H,14-15,18-26,28-31H2,1-10H3/b13-11+,16-12+,34-27+,35-17+,56-32?,58-57?/t33?,36?,37?,38-,39?,40?,41?,42?,43?,44?,45?,47?,48?,49?,54?/m0/s1. The molecule has 0 aromatic carbocycles. The highest BCUT2D eigenvalue weighted by Gasteiger charge is 2.53. The number of allylic oxidation sites excluding steroid dienone is 6. The van der Waals surface area contributed by atoms with Crippen LogP contribution in [-0.2, 0) is 47.7 Å². The van der Waals surface area contributed by atoms with Gasteiger partial charge in [0.25, 0.3) is 11.7 Å². The third-order valence-electron chi connectivity index (χ3n) is 15.4. The number of nitrogens with one attached hydrogen (secondary N) is 1. The molecule has 15 nitrogen and oxygen atoms in total. The lowest BCUT2D eigenvalue weighted by molar-refractivity contribution is -0.265. The lowest BCUT2D eigenvalue weighted by Crippen LogP contribution is -2.60. The van der Waals surface area contributed by atoms with Crippen molar-refractivity contribution in [2.75, 3.05) is 27.9 Å². The van der Waals surface area contributed by atoms with E-state index < -0.39 is 63.7 Å². The summed E-state index contributed by atoms with van der Waals surface area (Å²) in [6, 6.07) is -1.18. The van der Waals surface area contributed by atoms with E-state index in [4.69, 9.17) is 29.1 Å². The Morgan fingerprint density at radius 2 is 1.63 bits per heavy atom. The van der Waals surface area contributed by atoms with Gasteiger partial charge in [0, 0.05) is 59.0 Å². The highest BCUT2D eigenvalue weighted by Crippen LogP contribution is 2.40. The van der Waals surface area contributed by atoms with Crippen LogP contribution in [0.15, 0.2) is 57.8 Å². The van der Waals surface area contributed by atoms with Crippen LogP contribution in [0.5, 0.6) is 0 Å². The number of aliphatic hydroxyl groups is 1. The summed E-state index contributed by atoms with van der Waals surface area (Å²) >= 11 is 2.09. The fourth-order valence-electron chi connectivity index (χ4n) is 10.8. The molecule has 70 heavy (non-hydrogen) atoms. The molecular weight excluding hydrogens is 1010 g/mol. The number of cyclic esters (lactones) is 1. The third kappa shape index (κ3) is 16.6. The topological polar surface area (TPSA) is 204 Å². The van der Waals surface area contributed by atoms with Crippen LogP contribution in [0.4, 0.5) is 0 Å². The van der Waals surface area contributed by atoms with Crippen LogP contribution in [0.1, 0.15) is 138 Å². The van der Waals surface area contributed by atoms with Gasteiger partial charge in [0.05, 0.1) is 28.3 Å². The van der Waals surface area contributed by atoms with Gasteiger partial charge in [-0.15, -0.1) is 5.11 Å². The Kier molecular flexibility index (Phi) is 24.4. The van der Waals surface area contributed by atoms with Gasteiger partial charge in [-0.25, -0.2) is 4.79 Å². The van der Waals surface area contributed by atoms with Crippen LogP contribution in [0, 0.1) is 40.9 Å². The molecule has 1 aliphatic carbocycles. The first-order chi connectivity index (χ1) is 33.3. The summed E-state index contributed by atoms with van der Waals surface area (Å²) in [5.41, 5.74) is 1.73. The number of rotatable bonds is 10. The molecule has 4 rings (SSSR count). The molecule has 2 saturated heterocycles. The van der Waals surface area contributed by atoms with E-state index in [0.29, 0.717) is 57.8 Å². The number of Topliss-reactive ketones (excluding diaryl/α,β-unsaturated/α-hetero) is 3. The summed E-state index contributed by atoms with van der Waals surface area (Å²) in [6.45, 7) is 13.8. The van der Waals surface area contributed by atoms with Crippen molar-refractivity contribution in [3.8, 4) is 0 Å². The maximum atomic E-state index is 14.4. The first-order valence-electron chi connectivity index (χ1n) is 25.6. The number of fused-ring (bicyclic) bond motifs is 3. The van der Waals surface area contributed by atoms with Gasteiger partial charge < -0.3 is 33.7 Å². The zero-order valence-electron chi connectivity index (χ0n) is 43.5. The van der Waals surface area contributed by atoms with Gasteiger partial charge in [-0.1, -0.05) is 92.3 Å². The minimum atomic E-state index is -2.41. The van der Waals surface area contributed by atoms with Gasteiger partial charge in [0.2, 0.25) is 5.79 Å². The molecular formula is C54H83IN4O11. The number of amides is 1. The van der Waals surface area contributed by atoms with Crippen molar-refractivity contribution in [3.05, 3.63) is 47.6 Å². The number of methoxy groups -OCH3 is 3. The number of carbonyl (C=O) groups is 5. The van der Waals surface area contributed by atoms with Gasteiger partial charge in [0.15, 0.2) is 11.6 Å². The zero-order valence-corrected chi connectivity index (χ0v) is 45.6. The molecule has 392 valence electrons. The van der Waals surface area contributed by atoms with Gasteiger partial charge in [-0.05, 0) is 121 Å². The average Bonchev–Trinajstić information content (AvgIpc) is 3.34. The van der Waals surface area contributed by atoms with E-state index in [0.717, 1.165) is 36.7 Å². The van der Waals surface area contributed by atoms with Crippen molar-refractivity contribution in [3.63, 3.8) is 0 Å². The minimum absolute atomic E-state index is 0.00344. The number of piperidine rings is 1. The van der Waals surface area contributed by atoms with Gasteiger partial charge in [-0.3, -0.25) is 24.6 Å². The number of carbonyl (C=O) groups excluding carboxylic acids is 5. The van der Waals surface area contributed by atoms with Crippen molar-refractivity contribution in [2.45, 2.75) is 191 Å². The summed E-state index contributed by atoms with van der Waals surface area (Å²) in [7, 11) is 4.84. The number of ketones is 3.